The maximum Gasteiger partial charge on any atom is 0.331 e. The fourth-order valence-corrected chi connectivity index (χ4v) is 3.90. The smallest absolute Gasteiger partial charge is 0.331 e. The van der Waals surface area contributed by atoms with Gasteiger partial charge in [0.2, 0.25) is 5.25 Å². The highest BCUT2D eigenvalue weighted by Crippen LogP contribution is 2.48. The van der Waals surface area contributed by atoms with E-state index in [9.17, 15) is 19.6 Å². The molecule has 0 aromatic rings. The van der Waals surface area contributed by atoms with Gasteiger partial charge in [-0.2, -0.15) is 5.26 Å². The van der Waals surface area contributed by atoms with Gasteiger partial charge in [-0.25, -0.2) is 0 Å². The van der Waals surface area contributed by atoms with Gasteiger partial charge in [0.05, 0.1) is 24.6 Å². The zero-order valence-electron chi connectivity index (χ0n) is 17.7. The van der Waals surface area contributed by atoms with Crippen LogP contribution in [-0.2, 0) is 28.6 Å². The number of hydrogen-bond acceptors (Lipinski definition) is 9. The average molecular weight is 425 g/mol. The normalized spacial score (nSPS) is 24.7. The molecule has 0 fully saturated rings. The van der Waals surface area contributed by atoms with E-state index in [-0.39, 0.29) is 19.4 Å². The van der Waals surface area contributed by atoms with Crippen LogP contribution in [0.4, 0.5) is 0 Å². The fraction of sp³-hybridized carbons (Fsp3) is 0.650. The van der Waals surface area contributed by atoms with E-state index < -0.39 is 39.7 Å². The minimum absolute atomic E-state index is 0.0286. The first kappa shape index (κ1) is 24.7. The van der Waals surface area contributed by atoms with E-state index in [1.54, 1.807) is 34.6 Å². The van der Waals surface area contributed by atoms with Gasteiger partial charge in [-0.3, -0.25) is 19.4 Å². The first-order valence-corrected chi connectivity index (χ1v) is 9.92. The summed E-state index contributed by atoms with van der Waals surface area (Å²) in [4.78, 5) is 41.3. The summed E-state index contributed by atoms with van der Waals surface area (Å²) in [7, 11) is 1.27. The van der Waals surface area contributed by atoms with E-state index in [1.807, 2.05) is 0 Å². The van der Waals surface area contributed by atoms with Crippen molar-refractivity contribution in [2.75, 3.05) is 13.7 Å². The van der Waals surface area contributed by atoms with Gasteiger partial charge >= 0.3 is 17.9 Å². The Balaban J connectivity index is 3.14. The lowest BCUT2D eigenvalue weighted by Crippen LogP contribution is -2.39. The topological polar surface area (TPSA) is 115 Å². The zero-order valence-corrected chi connectivity index (χ0v) is 18.6. The van der Waals surface area contributed by atoms with E-state index in [4.69, 9.17) is 14.2 Å². The Kier molecular flexibility index (Phi) is 8.04. The maximum atomic E-state index is 12.6. The van der Waals surface area contributed by atoms with Crippen LogP contribution in [0.2, 0.25) is 0 Å². The zero-order chi connectivity index (χ0) is 22.5. The fourth-order valence-electron chi connectivity index (χ4n) is 2.68. The number of hydrogen-bond donors (Lipinski definition) is 0. The molecule has 8 nitrogen and oxygen atoms in total. The Labute approximate surface area is 175 Å². The van der Waals surface area contributed by atoms with E-state index in [0.717, 1.165) is 11.8 Å². The molecule has 0 spiro atoms. The van der Waals surface area contributed by atoms with Crippen molar-refractivity contribution in [3.05, 3.63) is 12.7 Å². The van der Waals surface area contributed by atoms with E-state index in [1.165, 1.54) is 13.2 Å². The van der Waals surface area contributed by atoms with Crippen molar-refractivity contribution in [1.82, 2.24) is 0 Å². The third-order valence-electron chi connectivity index (χ3n) is 4.48. The standard InChI is InChI=1S/C20H28N2O6S/c1-8-9-27-16(24)15(17(25)28-18(2,3)4)29-13-10-19(5,11-14(23)26-7)20(6,12-21)22-13/h8,15H,1,9-11H2,2-7H3/t15?,19-,20+/m0/s1. The molecule has 0 aromatic carbocycles. The van der Waals surface area contributed by atoms with Gasteiger partial charge in [-0.1, -0.05) is 31.3 Å². The second-order valence-corrected chi connectivity index (χ2v) is 9.31. The summed E-state index contributed by atoms with van der Waals surface area (Å²) in [5, 5.41) is 8.76. The monoisotopic (exact) mass is 424 g/mol. The first-order chi connectivity index (χ1) is 13.3. The van der Waals surface area contributed by atoms with Gasteiger partial charge in [-0.05, 0) is 27.7 Å². The number of thioether (sulfide) groups is 1. The molecule has 0 bridgehead atoms. The summed E-state index contributed by atoms with van der Waals surface area (Å²) < 4.78 is 15.1. The predicted molar refractivity (Wildman–Crippen MR) is 109 cm³/mol. The molecule has 0 aromatic heterocycles. The lowest BCUT2D eigenvalue weighted by molar-refractivity contribution is -0.160. The number of carbonyl (C=O) groups excluding carboxylic acids is 3. The lowest BCUT2D eigenvalue weighted by atomic mass is 9.71. The second kappa shape index (κ2) is 9.44. The highest BCUT2D eigenvalue weighted by Gasteiger charge is 2.53. The quantitative estimate of drug-likeness (QED) is 0.265. The van der Waals surface area contributed by atoms with Crippen LogP contribution < -0.4 is 0 Å². The molecule has 0 aliphatic carbocycles. The van der Waals surface area contributed by atoms with Crippen molar-refractivity contribution in [2.24, 2.45) is 10.4 Å². The number of carbonyl (C=O) groups is 3. The molecule has 9 heteroatoms. The third kappa shape index (κ3) is 6.32. The summed E-state index contributed by atoms with van der Waals surface area (Å²) in [6, 6.07) is 2.14. The first-order valence-electron chi connectivity index (χ1n) is 9.04. The molecule has 160 valence electrons. The van der Waals surface area contributed by atoms with Crippen molar-refractivity contribution in [2.45, 2.75) is 63.9 Å². The largest absolute Gasteiger partial charge is 0.469 e. The van der Waals surface area contributed by atoms with E-state index in [2.05, 4.69) is 17.6 Å². The molecule has 0 saturated heterocycles. The molecule has 3 atom stereocenters. The van der Waals surface area contributed by atoms with Gasteiger partial charge in [0, 0.05) is 11.8 Å². The molecule has 0 N–H and O–H groups in total. The van der Waals surface area contributed by atoms with Crippen molar-refractivity contribution in [1.29, 1.82) is 5.26 Å². The molecule has 0 saturated carbocycles. The molecular weight excluding hydrogens is 396 g/mol. The van der Waals surface area contributed by atoms with Crippen LogP contribution in [0.3, 0.4) is 0 Å². The maximum absolute atomic E-state index is 12.6. The van der Waals surface area contributed by atoms with Crippen LogP contribution in [0.5, 0.6) is 0 Å². The highest BCUT2D eigenvalue weighted by molar-refractivity contribution is 8.15. The molecule has 29 heavy (non-hydrogen) atoms. The van der Waals surface area contributed by atoms with Gasteiger partial charge in [0.25, 0.3) is 0 Å². The lowest BCUT2D eigenvalue weighted by Gasteiger charge is -2.32. The number of nitriles is 1. The number of rotatable bonds is 7. The van der Waals surface area contributed by atoms with Crippen LogP contribution in [0.25, 0.3) is 0 Å². The Morgan fingerprint density at radius 2 is 1.97 bits per heavy atom. The van der Waals surface area contributed by atoms with Crippen LogP contribution in [-0.4, -0.2) is 53.1 Å². The summed E-state index contributed by atoms with van der Waals surface area (Å²) in [5.74, 6) is -2.02. The Hall–Kier alpha value is -2.34. The number of aliphatic imine (C=N–C) groups is 1. The summed E-state index contributed by atoms with van der Waals surface area (Å²) in [6.45, 7) is 11.9. The molecule has 1 aliphatic heterocycles. The molecule has 0 amide bonds. The number of esters is 3. The van der Waals surface area contributed by atoms with Crippen LogP contribution >= 0.6 is 11.8 Å². The molecule has 1 unspecified atom stereocenters. The van der Waals surface area contributed by atoms with Crippen molar-refractivity contribution in [3.8, 4) is 6.07 Å². The predicted octanol–water partition coefficient (Wildman–Crippen LogP) is 2.81. The Bertz CT molecular complexity index is 751. The summed E-state index contributed by atoms with van der Waals surface area (Å²) in [5.41, 5.74) is -2.86. The SMILES string of the molecule is C=CCOC(=O)C(SC1=N[C@](C)(C#N)[C@](C)(CC(=O)OC)C1)C(=O)OC(C)(C)C. The summed E-state index contributed by atoms with van der Waals surface area (Å²) in [6.07, 6.45) is 1.59. The Morgan fingerprint density at radius 1 is 1.34 bits per heavy atom. The minimum atomic E-state index is -1.31. The van der Waals surface area contributed by atoms with Crippen molar-refractivity contribution >= 4 is 34.7 Å². The van der Waals surface area contributed by atoms with E-state index >= 15 is 0 Å². The van der Waals surface area contributed by atoms with Crippen LogP contribution in [0.15, 0.2) is 17.6 Å². The third-order valence-corrected chi connectivity index (χ3v) is 5.61. The van der Waals surface area contributed by atoms with Gasteiger partial charge in [0.15, 0.2) is 5.54 Å². The number of nitrogens with zero attached hydrogens (tertiary/aromatic N) is 2. The Morgan fingerprint density at radius 3 is 2.45 bits per heavy atom. The summed E-state index contributed by atoms with van der Waals surface area (Å²) >= 11 is 0.878. The number of methoxy groups -OCH3 is 1. The molecule has 1 heterocycles. The van der Waals surface area contributed by atoms with Crippen molar-refractivity contribution < 1.29 is 28.6 Å². The van der Waals surface area contributed by atoms with Gasteiger partial charge in [0.1, 0.15) is 12.2 Å². The van der Waals surface area contributed by atoms with Crippen LogP contribution in [0, 0.1) is 16.7 Å². The van der Waals surface area contributed by atoms with Crippen LogP contribution in [0.1, 0.15) is 47.5 Å². The molecular formula is C20H28N2O6S. The van der Waals surface area contributed by atoms with Gasteiger partial charge < -0.3 is 14.2 Å². The molecule has 1 aliphatic rings. The average Bonchev–Trinajstić information content (AvgIpc) is 2.86. The van der Waals surface area contributed by atoms with E-state index in [0.29, 0.717) is 5.04 Å². The van der Waals surface area contributed by atoms with Crippen molar-refractivity contribution in [3.63, 3.8) is 0 Å². The molecule has 1 rings (SSSR count). The van der Waals surface area contributed by atoms with Gasteiger partial charge in [-0.15, -0.1) is 0 Å². The highest BCUT2D eigenvalue weighted by atomic mass is 32.2. The second-order valence-electron chi connectivity index (χ2n) is 8.13. The minimum Gasteiger partial charge on any atom is -0.469 e. The molecule has 0 radical (unpaired) electrons. The number of ether oxygens (including phenoxy) is 3.